The summed E-state index contributed by atoms with van der Waals surface area (Å²) >= 11 is 6.04. The predicted octanol–water partition coefficient (Wildman–Crippen LogP) is 2.98. The van der Waals surface area contributed by atoms with Crippen LogP contribution < -0.4 is 11.1 Å². The van der Waals surface area contributed by atoms with Crippen LogP contribution in [-0.4, -0.2) is 23.6 Å². The fourth-order valence-electron chi connectivity index (χ4n) is 2.48. The third-order valence-electron chi connectivity index (χ3n) is 3.85. The molecule has 26 heavy (non-hydrogen) atoms. The topological polar surface area (TPSA) is 90.5 Å². The van der Waals surface area contributed by atoms with Crippen molar-refractivity contribution in [2.24, 2.45) is 0 Å². The molecule has 3 rings (SSSR count). The Bertz CT molecular complexity index is 1070. The highest BCUT2D eigenvalue weighted by molar-refractivity contribution is 6.31. The van der Waals surface area contributed by atoms with E-state index in [9.17, 15) is 14.4 Å². The normalized spacial score (nSPS) is 10.7. The molecule has 0 aliphatic heterocycles. The number of nitrogens with one attached hydrogen (secondary N) is 1. The molecule has 0 radical (unpaired) electrons. The molecule has 0 aliphatic rings. The van der Waals surface area contributed by atoms with Crippen molar-refractivity contribution in [2.45, 2.75) is 13.5 Å². The maximum Gasteiger partial charge on any atom is 0.420 e. The van der Waals surface area contributed by atoms with Gasteiger partial charge in [0.05, 0.1) is 18.2 Å². The van der Waals surface area contributed by atoms with E-state index in [1.165, 1.54) is 29.9 Å². The van der Waals surface area contributed by atoms with Gasteiger partial charge in [0.1, 0.15) is 6.54 Å². The quantitative estimate of drug-likeness (QED) is 0.709. The number of amides is 1. The van der Waals surface area contributed by atoms with Crippen LogP contribution in [0.5, 0.6) is 0 Å². The first kappa shape index (κ1) is 17.8. The minimum Gasteiger partial charge on any atom is -0.465 e. The molecule has 0 saturated heterocycles. The first-order valence-electron chi connectivity index (χ1n) is 7.67. The predicted molar refractivity (Wildman–Crippen MR) is 96.6 cm³/mol. The van der Waals surface area contributed by atoms with E-state index in [1.54, 1.807) is 18.2 Å². The molecule has 0 aliphatic carbocycles. The number of halogens is 1. The van der Waals surface area contributed by atoms with Gasteiger partial charge in [-0.15, -0.1) is 0 Å². The van der Waals surface area contributed by atoms with Crippen LogP contribution in [0.15, 0.2) is 45.6 Å². The Hall–Kier alpha value is -3.06. The number of ether oxygens (including phenoxy) is 1. The van der Waals surface area contributed by atoms with E-state index in [1.807, 2.05) is 6.92 Å². The van der Waals surface area contributed by atoms with Gasteiger partial charge in [-0.1, -0.05) is 17.7 Å². The third-order valence-corrected chi connectivity index (χ3v) is 4.25. The van der Waals surface area contributed by atoms with Gasteiger partial charge in [0.25, 0.3) is 0 Å². The van der Waals surface area contributed by atoms with Crippen LogP contribution in [0.1, 0.15) is 15.9 Å². The summed E-state index contributed by atoms with van der Waals surface area (Å²) in [6, 6.07) is 9.56. The Labute approximate surface area is 153 Å². The summed E-state index contributed by atoms with van der Waals surface area (Å²) in [6.45, 7) is 1.61. The van der Waals surface area contributed by atoms with Crippen LogP contribution in [0.2, 0.25) is 5.02 Å². The molecule has 1 amide bonds. The molecular formula is C18H15ClN2O5. The molecule has 1 N–H and O–H groups in total. The Balaban J connectivity index is 1.84. The highest BCUT2D eigenvalue weighted by atomic mass is 35.5. The van der Waals surface area contributed by atoms with Crippen molar-refractivity contribution in [1.29, 1.82) is 0 Å². The molecule has 1 aromatic heterocycles. The van der Waals surface area contributed by atoms with E-state index in [-0.39, 0.29) is 17.7 Å². The molecule has 0 saturated carbocycles. The maximum absolute atomic E-state index is 12.3. The number of anilines is 1. The van der Waals surface area contributed by atoms with Gasteiger partial charge in [-0.05, 0) is 42.8 Å². The molecule has 8 heteroatoms. The number of hydrogen-bond donors (Lipinski definition) is 1. The molecule has 1 heterocycles. The van der Waals surface area contributed by atoms with Crippen molar-refractivity contribution >= 4 is 40.3 Å². The van der Waals surface area contributed by atoms with Crippen molar-refractivity contribution in [3.05, 3.63) is 63.1 Å². The number of carbonyl (C=O) groups excluding carboxylic acids is 2. The smallest absolute Gasteiger partial charge is 0.420 e. The van der Waals surface area contributed by atoms with Crippen molar-refractivity contribution in [1.82, 2.24) is 4.57 Å². The van der Waals surface area contributed by atoms with Gasteiger partial charge in [-0.3, -0.25) is 9.36 Å². The number of hydrogen-bond acceptors (Lipinski definition) is 5. The first-order valence-corrected chi connectivity index (χ1v) is 8.04. The van der Waals surface area contributed by atoms with Gasteiger partial charge >= 0.3 is 11.7 Å². The number of rotatable bonds is 4. The molecule has 134 valence electrons. The second-order valence-electron chi connectivity index (χ2n) is 5.64. The molecule has 3 aromatic rings. The molecule has 0 atom stereocenters. The van der Waals surface area contributed by atoms with Crippen LogP contribution >= 0.6 is 11.6 Å². The maximum atomic E-state index is 12.3. The van der Waals surface area contributed by atoms with E-state index in [0.29, 0.717) is 16.2 Å². The summed E-state index contributed by atoms with van der Waals surface area (Å²) < 4.78 is 10.9. The second-order valence-corrected chi connectivity index (χ2v) is 6.05. The Morgan fingerprint density at radius 2 is 2.00 bits per heavy atom. The zero-order valence-electron chi connectivity index (χ0n) is 14.0. The summed E-state index contributed by atoms with van der Waals surface area (Å²) in [5, 5.41) is 3.21. The van der Waals surface area contributed by atoms with Gasteiger partial charge in [-0.2, -0.15) is 0 Å². The highest BCUT2D eigenvalue weighted by Gasteiger charge is 2.15. The third kappa shape index (κ3) is 3.48. The molecule has 0 bridgehead atoms. The molecule has 2 aromatic carbocycles. The van der Waals surface area contributed by atoms with Crippen LogP contribution in [0.25, 0.3) is 11.1 Å². The van der Waals surface area contributed by atoms with Gasteiger partial charge < -0.3 is 14.5 Å². The molecule has 0 spiro atoms. The number of methoxy groups -OCH3 is 1. The number of fused-ring (bicyclic) bond motifs is 1. The molecule has 0 fully saturated rings. The van der Waals surface area contributed by atoms with E-state index in [0.717, 1.165) is 5.56 Å². The average molecular weight is 375 g/mol. The number of benzene rings is 2. The van der Waals surface area contributed by atoms with Gasteiger partial charge in [-0.25, -0.2) is 9.59 Å². The molecule has 7 nitrogen and oxygen atoms in total. The lowest BCUT2D eigenvalue weighted by molar-refractivity contribution is -0.116. The number of aryl methyl sites for hydroxylation is 1. The number of aromatic nitrogens is 1. The number of carbonyl (C=O) groups is 2. The van der Waals surface area contributed by atoms with Crippen molar-refractivity contribution in [2.75, 3.05) is 12.4 Å². The minimum atomic E-state index is -0.695. The Morgan fingerprint density at radius 3 is 2.69 bits per heavy atom. The highest BCUT2D eigenvalue weighted by Crippen LogP contribution is 2.20. The SMILES string of the molecule is COC(=O)c1ccc2c(c1)oc(=O)n2CC(=O)Nc1ccc(C)c(Cl)c1. The number of nitrogens with zero attached hydrogens (tertiary/aromatic N) is 1. The van der Waals surface area contributed by atoms with E-state index in [4.69, 9.17) is 16.0 Å². The number of esters is 1. The van der Waals surface area contributed by atoms with Crippen molar-refractivity contribution < 1.29 is 18.7 Å². The molecular weight excluding hydrogens is 360 g/mol. The summed E-state index contributed by atoms with van der Waals surface area (Å²) in [5.41, 5.74) is 2.27. The largest absolute Gasteiger partial charge is 0.465 e. The Morgan fingerprint density at radius 1 is 1.23 bits per heavy atom. The van der Waals surface area contributed by atoms with E-state index in [2.05, 4.69) is 10.1 Å². The molecule has 0 unspecified atom stereocenters. The van der Waals surface area contributed by atoms with Gasteiger partial charge in [0.2, 0.25) is 5.91 Å². The monoisotopic (exact) mass is 374 g/mol. The van der Waals surface area contributed by atoms with Crippen molar-refractivity contribution in [3.8, 4) is 0 Å². The lowest BCUT2D eigenvalue weighted by atomic mass is 10.2. The fraction of sp³-hybridized carbons (Fsp3) is 0.167. The summed E-state index contributed by atoms with van der Waals surface area (Å²) in [6.07, 6.45) is 0. The zero-order chi connectivity index (χ0) is 18.8. The zero-order valence-corrected chi connectivity index (χ0v) is 14.8. The Kier molecular flexibility index (Phi) is 4.81. The van der Waals surface area contributed by atoms with Gasteiger partial charge in [0, 0.05) is 10.7 Å². The van der Waals surface area contributed by atoms with Crippen LogP contribution in [0.3, 0.4) is 0 Å². The van der Waals surface area contributed by atoms with Crippen LogP contribution in [0, 0.1) is 6.92 Å². The lowest BCUT2D eigenvalue weighted by Crippen LogP contribution is -2.24. The first-order chi connectivity index (χ1) is 12.4. The van der Waals surface area contributed by atoms with Crippen LogP contribution in [0.4, 0.5) is 5.69 Å². The lowest BCUT2D eigenvalue weighted by Gasteiger charge is -2.07. The second kappa shape index (κ2) is 7.05. The summed E-state index contributed by atoms with van der Waals surface area (Å²) in [7, 11) is 1.26. The minimum absolute atomic E-state index is 0.198. The standard InChI is InChI=1S/C18H15ClN2O5/c1-10-3-5-12(8-13(10)19)20-16(22)9-21-14-6-4-11(17(23)25-2)7-15(14)26-18(21)24/h3-8H,9H2,1-2H3,(H,20,22). The van der Waals surface area contributed by atoms with E-state index < -0.39 is 17.6 Å². The summed E-state index contributed by atoms with van der Waals surface area (Å²) in [5.74, 6) is -1.65. The van der Waals surface area contributed by atoms with E-state index >= 15 is 0 Å². The van der Waals surface area contributed by atoms with Crippen molar-refractivity contribution in [3.63, 3.8) is 0 Å². The van der Waals surface area contributed by atoms with Crippen LogP contribution in [-0.2, 0) is 16.1 Å². The summed E-state index contributed by atoms with van der Waals surface area (Å²) in [4.78, 5) is 35.9. The van der Waals surface area contributed by atoms with Gasteiger partial charge in [0.15, 0.2) is 5.58 Å². The number of oxazole rings is 1. The average Bonchev–Trinajstić information content (AvgIpc) is 2.92. The fourth-order valence-corrected chi connectivity index (χ4v) is 2.66.